The zero-order valence-electron chi connectivity index (χ0n) is 16.7. The summed E-state index contributed by atoms with van der Waals surface area (Å²) in [5.74, 6) is -0.421. The number of amides is 1. The summed E-state index contributed by atoms with van der Waals surface area (Å²) in [5, 5.41) is 23.7. The minimum atomic E-state index is -0.707. The van der Waals surface area contributed by atoms with Crippen LogP contribution in [0.1, 0.15) is 18.1 Å². The number of nitrogens with zero attached hydrogens (tertiary/aromatic N) is 1. The summed E-state index contributed by atoms with van der Waals surface area (Å²) in [6, 6.07) is 8.47. The van der Waals surface area contributed by atoms with Crippen LogP contribution in [0.4, 0.5) is 11.4 Å². The van der Waals surface area contributed by atoms with E-state index in [0.29, 0.717) is 16.5 Å². The zero-order valence-corrected chi connectivity index (χ0v) is 17.4. The molecule has 31 heavy (non-hydrogen) atoms. The number of non-ortho nitro benzene ring substituents is 1. The lowest BCUT2D eigenvalue weighted by Gasteiger charge is -2.12. The van der Waals surface area contributed by atoms with Crippen LogP contribution in [0.25, 0.3) is 11.0 Å². The molecule has 0 unspecified atom stereocenters. The van der Waals surface area contributed by atoms with Gasteiger partial charge in [0.15, 0.2) is 6.61 Å². The van der Waals surface area contributed by atoms with E-state index >= 15 is 0 Å². The maximum absolute atomic E-state index is 12.3. The number of hydrogen-bond donors (Lipinski definition) is 2. The number of aliphatic hydroxyl groups excluding tert-OH is 1. The summed E-state index contributed by atoms with van der Waals surface area (Å²) in [6.45, 7) is 2.89. The Balaban J connectivity index is 1.78. The molecule has 1 amide bonds. The van der Waals surface area contributed by atoms with Gasteiger partial charge in [0.2, 0.25) is 0 Å². The average Bonchev–Trinajstić information content (AvgIpc) is 2.70. The summed E-state index contributed by atoms with van der Waals surface area (Å²) >= 11 is 6.27. The second kappa shape index (κ2) is 9.15. The first kappa shape index (κ1) is 22.3. The van der Waals surface area contributed by atoms with Crippen LogP contribution < -0.4 is 15.7 Å². The number of ether oxygens (including phenoxy) is 1. The van der Waals surface area contributed by atoms with Gasteiger partial charge in [0.1, 0.15) is 11.3 Å². The highest BCUT2D eigenvalue weighted by Gasteiger charge is 2.16. The molecule has 9 nitrogen and oxygen atoms in total. The van der Waals surface area contributed by atoms with Crippen molar-refractivity contribution in [1.29, 1.82) is 0 Å². The van der Waals surface area contributed by atoms with Crippen molar-refractivity contribution in [3.63, 3.8) is 0 Å². The highest BCUT2D eigenvalue weighted by molar-refractivity contribution is 6.32. The maximum Gasteiger partial charge on any atom is 0.339 e. The molecule has 3 rings (SSSR count). The van der Waals surface area contributed by atoms with E-state index in [1.807, 2.05) is 0 Å². The molecule has 1 atom stereocenters. The molecule has 0 saturated heterocycles. The van der Waals surface area contributed by atoms with Gasteiger partial charge in [-0.1, -0.05) is 17.7 Å². The third-order valence-corrected chi connectivity index (χ3v) is 4.83. The van der Waals surface area contributed by atoms with Crippen molar-refractivity contribution in [2.45, 2.75) is 26.4 Å². The monoisotopic (exact) mass is 446 g/mol. The van der Waals surface area contributed by atoms with Gasteiger partial charge in [-0.15, -0.1) is 0 Å². The first-order valence-corrected chi connectivity index (χ1v) is 9.64. The Labute approximate surface area is 181 Å². The highest BCUT2D eigenvalue weighted by atomic mass is 35.5. The maximum atomic E-state index is 12.3. The summed E-state index contributed by atoms with van der Waals surface area (Å²) < 4.78 is 10.8. The molecular formula is C21H19ClN2O7. The van der Waals surface area contributed by atoms with Crippen LogP contribution in [0.3, 0.4) is 0 Å². The summed E-state index contributed by atoms with van der Waals surface area (Å²) in [6.07, 6.45) is -0.556. The molecular weight excluding hydrogens is 428 g/mol. The van der Waals surface area contributed by atoms with Gasteiger partial charge in [-0.3, -0.25) is 14.9 Å². The van der Waals surface area contributed by atoms with Gasteiger partial charge in [-0.2, -0.15) is 0 Å². The predicted molar refractivity (Wildman–Crippen MR) is 115 cm³/mol. The minimum absolute atomic E-state index is 0.134. The molecule has 2 aromatic carbocycles. The third kappa shape index (κ3) is 5.19. The van der Waals surface area contributed by atoms with E-state index in [-0.39, 0.29) is 34.2 Å². The fourth-order valence-corrected chi connectivity index (χ4v) is 3.29. The number of carbonyl (C=O) groups excluding carboxylic acids is 1. The van der Waals surface area contributed by atoms with E-state index < -0.39 is 29.2 Å². The van der Waals surface area contributed by atoms with Gasteiger partial charge in [-0.25, -0.2) is 4.79 Å². The molecule has 0 aliphatic carbocycles. The number of rotatable bonds is 7. The first-order chi connectivity index (χ1) is 14.7. The molecule has 1 heterocycles. The van der Waals surface area contributed by atoms with Gasteiger partial charge < -0.3 is 19.6 Å². The molecule has 0 aliphatic rings. The lowest BCUT2D eigenvalue weighted by atomic mass is 10.0. The quantitative estimate of drug-likeness (QED) is 0.322. The Bertz CT molecular complexity index is 1220. The average molecular weight is 447 g/mol. The molecule has 2 N–H and O–H groups in total. The van der Waals surface area contributed by atoms with Crippen LogP contribution in [0.5, 0.6) is 5.75 Å². The molecule has 0 fully saturated rings. The van der Waals surface area contributed by atoms with Crippen molar-refractivity contribution in [1.82, 2.24) is 0 Å². The van der Waals surface area contributed by atoms with Gasteiger partial charge in [-0.05, 0) is 31.5 Å². The normalized spacial score (nSPS) is 11.9. The van der Waals surface area contributed by atoms with Gasteiger partial charge >= 0.3 is 5.63 Å². The Hall–Kier alpha value is -3.43. The van der Waals surface area contributed by atoms with Crippen LogP contribution in [0.15, 0.2) is 45.6 Å². The number of carbonyl (C=O) groups is 1. The fraction of sp³-hybridized carbons (Fsp3) is 0.238. The fourth-order valence-electron chi connectivity index (χ4n) is 3.07. The molecule has 1 aromatic heterocycles. The number of anilines is 1. The van der Waals surface area contributed by atoms with E-state index in [0.717, 1.165) is 0 Å². The second-order valence-corrected chi connectivity index (χ2v) is 7.38. The number of benzene rings is 2. The predicted octanol–water partition coefficient (Wildman–Crippen LogP) is 3.60. The number of aryl methyl sites for hydroxylation is 1. The van der Waals surface area contributed by atoms with Crippen molar-refractivity contribution in [3.8, 4) is 5.75 Å². The molecule has 0 radical (unpaired) electrons. The molecule has 0 spiro atoms. The van der Waals surface area contributed by atoms with E-state index in [1.165, 1.54) is 30.3 Å². The largest absolute Gasteiger partial charge is 0.482 e. The van der Waals surface area contributed by atoms with Gasteiger partial charge in [0.25, 0.3) is 11.6 Å². The summed E-state index contributed by atoms with van der Waals surface area (Å²) in [5.41, 5.74) is 0.766. The number of nitro groups is 1. The first-order valence-electron chi connectivity index (χ1n) is 9.26. The molecule has 10 heteroatoms. The standard InChI is InChI=1S/C21H19ClN2O7/c1-11(25)6-16-12(2)15-8-17(22)19(9-18(15)31-21(16)27)30-10-20(26)23-13-4-3-5-14(7-13)24(28)29/h3-5,7-9,11,25H,6,10H2,1-2H3,(H,23,26)/t11-/m1/s1. The summed E-state index contributed by atoms with van der Waals surface area (Å²) in [4.78, 5) is 34.7. The number of nitro benzene ring substituents is 1. The van der Waals surface area contributed by atoms with E-state index in [1.54, 1.807) is 19.9 Å². The number of hydrogen-bond acceptors (Lipinski definition) is 7. The van der Waals surface area contributed by atoms with E-state index in [4.69, 9.17) is 20.8 Å². The lowest BCUT2D eigenvalue weighted by molar-refractivity contribution is -0.384. The molecule has 3 aromatic rings. The Morgan fingerprint density at radius 2 is 2.10 bits per heavy atom. The van der Waals surface area contributed by atoms with Crippen LogP contribution in [-0.2, 0) is 11.2 Å². The van der Waals surface area contributed by atoms with Crippen molar-refractivity contribution >= 4 is 39.9 Å². The van der Waals surface area contributed by atoms with Crippen LogP contribution >= 0.6 is 11.6 Å². The van der Waals surface area contributed by atoms with Crippen molar-refractivity contribution in [3.05, 3.63) is 73.1 Å². The Kier molecular flexibility index (Phi) is 6.57. The molecule has 0 aliphatic heterocycles. The molecule has 162 valence electrons. The van der Waals surface area contributed by atoms with E-state index in [2.05, 4.69) is 5.32 Å². The van der Waals surface area contributed by atoms with Crippen LogP contribution in [0.2, 0.25) is 5.02 Å². The molecule has 0 bridgehead atoms. The number of halogens is 1. The molecule has 0 saturated carbocycles. The minimum Gasteiger partial charge on any atom is -0.482 e. The topological polar surface area (TPSA) is 132 Å². The Morgan fingerprint density at radius 3 is 2.77 bits per heavy atom. The van der Waals surface area contributed by atoms with Crippen molar-refractivity contribution in [2.24, 2.45) is 0 Å². The number of aliphatic hydroxyl groups is 1. The second-order valence-electron chi connectivity index (χ2n) is 6.97. The third-order valence-electron chi connectivity index (χ3n) is 4.54. The van der Waals surface area contributed by atoms with Crippen molar-refractivity contribution < 1.29 is 24.0 Å². The smallest absolute Gasteiger partial charge is 0.339 e. The van der Waals surface area contributed by atoms with Crippen LogP contribution in [-0.4, -0.2) is 28.6 Å². The number of nitrogens with one attached hydrogen (secondary N) is 1. The summed E-state index contributed by atoms with van der Waals surface area (Å²) in [7, 11) is 0. The Morgan fingerprint density at radius 1 is 1.35 bits per heavy atom. The number of fused-ring (bicyclic) bond motifs is 1. The highest BCUT2D eigenvalue weighted by Crippen LogP contribution is 2.32. The van der Waals surface area contributed by atoms with Crippen molar-refractivity contribution in [2.75, 3.05) is 11.9 Å². The van der Waals surface area contributed by atoms with Gasteiger partial charge in [0.05, 0.1) is 16.0 Å². The lowest BCUT2D eigenvalue weighted by Crippen LogP contribution is -2.20. The van der Waals surface area contributed by atoms with E-state index in [9.17, 15) is 24.8 Å². The SMILES string of the molecule is Cc1c(C[C@@H](C)O)c(=O)oc2cc(OCC(=O)Nc3cccc([N+](=O)[O-])c3)c(Cl)cc12. The van der Waals surface area contributed by atoms with Gasteiger partial charge in [0, 0.05) is 41.3 Å². The van der Waals surface area contributed by atoms with Crippen LogP contribution in [0, 0.1) is 17.0 Å². The zero-order chi connectivity index (χ0) is 22.7.